The van der Waals surface area contributed by atoms with Gasteiger partial charge in [0.1, 0.15) is 6.10 Å². The van der Waals surface area contributed by atoms with E-state index < -0.39 is 13.9 Å². The molecule has 0 aliphatic heterocycles. The summed E-state index contributed by atoms with van der Waals surface area (Å²) < 4.78 is 33.7. The van der Waals surface area contributed by atoms with E-state index in [2.05, 4.69) is 50.3 Å². The van der Waals surface area contributed by atoms with Gasteiger partial charge in [-0.3, -0.25) is 13.8 Å². The summed E-state index contributed by atoms with van der Waals surface area (Å²) in [6, 6.07) is 0. The van der Waals surface area contributed by atoms with Gasteiger partial charge in [0, 0.05) is 19.6 Å². The first kappa shape index (κ1) is 63.7. The van der Waals surface area contributed by atoms with E-state index in [-0.39, 0.29) is 32.3 Å². The van der Waals surface area contributed by atoms with Crippen LogP contribution in [0.4, 0.5) is 0 Å². The third-order valence-electron chi connectivity index (χ3n) is 12.3. The van der Waals surface area contributed by atoms with Gasteiger partial charge in [0.2, 0.25) is 0 Å². The summed E-state index contributed by atoms with van der Waals surface area (Å²) in [5.41, 5.74) is 5.40. The van der Waals surface area contributed by atoms with Crippen LogP contribution >= 0.6 is 7.82 Å². The number of carbonyl (C=O) groups is 1. The van der Waals surface area contributed by atoms with Crippen LogP contribution in [0, 0.1) is 0 Å². The highest BCUT2D eigenvalue weighted by atomic mass is 31.2. The molecule has 2 unspecified atom stereocenters. The lowest BCUT2D eigenvalue weighted by molar-refractivity contribution is -0.154. The Hall–Kier alpha value is -1.28. The zero-order valence-corrected chi connectivity index (χ0v) is 43.9. The number of unbranched alkanes of at least 4 members (excludes halogenated alkanes) is 35. The number of hydrogen-bond donors (Lipinski definition) is 2. The molecule has 0 fully saturated rings. The minimum absolute atomic E-state index is 0.0943. The molecule has 2 atom stereocenters. The van der Waals surface area contributed by atoms with Crippen LogP contribution in [0.25, 0.3) is 0 Å². The van der Waals surface area contributed by atoms with Crippen LogP contribution in [-0.2, 0) is 27.9 Å². The molecule has 0 rings (SSSR count). The van der Waals surface area contributed by atoms with Crippen molar-refractivity contribution < 1.29 is 32.8 Å². The summed E-state index contributed by atoms with van der Waals surface area (Å²) in [6.45, 7) is 4.96. The summed E-state index contributed by atoms with van der Waals surface area (Å²) in [4.78, 5) is 22.6. The molecule has 0 bridgehead atoms. The number of phosphoric ester groups is 1. The second kappa shape index (κ2) is 53.7. The summed E-state index contributed by atoms with van der Waals surface area (Å²) in [6.07, 6.45) is 64.7. The van der Waals surface area contributed by atoms with Gasteiger partial charge in [-0.1, -0.05) is 256 Å². The van der Waals surface area contributed by atoms with E-state index in [1.165, 1.54) is 212 Å². The van der Waals surface area contributed by atoms with Gasteiger partial charge in [-0.25, -0.2) is 4.57 Å². The molecule has 0 amide bonds. The molecule has 65 heavy (non-hydrogen) atoms. The van der Waals surface area contributed by atoms with Gasteiger partial charge < -0.3 is 20.1 Å². The zero-order chi connectivity index (χ0) is 47.3. The smallest absolute Gasteiger partial charge is 0.457 e. The molecule has 0 radical (unpaired) electrons. The monoisotopic (exact) mass is 938 g/mol. The van der Waals surface area contributed by atoms with Crippen molar-refractivity contribution >= 4 is 13.8 Å². The van der Waals surface area contributed by atoms with Gasteiger partial charge >= 0.3 is 13.8 Å². The van der Waals surface area contributed by atoms with E-state index in [0.29, 0.717) is 13.0 Å². The van der Waals surface area contributed by atoms with E-state index in [1.807, 2.05) is 0 Å². The lowest BCUT2D eigenvalue weighted by Crippen LogP contribution is -2.28. The standard InChI is InChI=1S/C56H108NO7P/c1-3-5-7-9-11-13-15-17-19-21-23-25-26-27-28-29-30-32-34-36-38-40-42-44-46-48-51-61-53-55(54-63-65(59,60)62-52-50-57)64-56(58)49-47-45-43-41-39-37-35-33-31-24-22-20-18-16-14-12-10-8-6-4-2/h15,17,21,23,26-27,55H,3-14,16,18-20,22,24-25,28-54,57H2,1-2H3,(H,59,60)/b17-15-,23-21-,27-26-. The molecular formula is C56H108NO7P. The van der Waals surface area contributed by atoms with Crippen molar-refractivity contribution in [2.45, 2.75) is 283 Å². The third-order valence-corrected chi connectivity index (χ3v) is 13.3. The second-order valence-electron chi connectivity index (χ2n) is 18.8. The first-order valence-corrected chi connectivity index (χ1v) is 29.5. The molecule has 0 aromatic carbocycles. The maximum atomic E-state index is 12.7. The lowest BCUT2D eigenvalue weighted by atomic mass is 10.0. The van der Waals surface area contributed by atoms with Crippen LogP contribution in [0.5, 0.6) is 0 Å². The van der Waals surface area contributed by atoms with Crippen molar-refractivity contribution in [3.8, 4) is 0 Å². The largest absolute Gasteiger partial charge is 0.472 e. The Morgan fingerprint density at radius 2 is 0.815 bits per heavy atom. The Kier molecular flexibility index (Phi) is 52.6. The fraction of sp³-hybridized carbons (Fsp3) is 0.875. The van der Waals surface area contributed by atoms with Gasteiger partial charge in [0.05, 0.1) is 19.8 Å². The van der Waals surface area contributed by atoms with Crippen molar-refractivity contribution in [3.63, 3.8) is 0 Å². The first-order valence-electron chi connectivity index (χ1n) is 28.0. The molecule has 0 aliphatic rings. The molecule has 0 saturated carbocycles. The normalized spacial score (nSPS) is 13.5. The Morgan fingerprint density at radius 3 is 1.22 bits per heavy atom. The van der Waals surface area contributed by atoms with E-state index in [9.17, 15) is 14.3 Å². The lowest BCUT2D eigenvalue weighted by Gasteiger charge is -2.20. The Bertz CT molecular complexity index is 1100. The zero-order valence-electron chi connectivity index (χ0n) is 43.0. The molecule has 3 N–H and O–H groups in total. The van der Waals surface area contributed by atoms with Gasteiger partial charge in [0.15, 0.2) is 0 Å². The molecule has 0 saturated heterocycles. The summed E-state index contributed by atoms with van der Waals surface area (Å²) in [5.74, 6) is -0.325. The molecule has 384 valence electrons. The van der Waals surface area contributed by atoms with Crippen molar-refractivity contribution in [3.05, 3.63) is 36.5 Å². The van der Waals surface area contributed by atoms with Crippen molar-refractivity contribution in [2.75, 3.05) is 33.0 Å². The predicted molar refractivity (Wildman–Crippen MR) is 280 cm³/mol. The van der Waals surface area contributed by atoms with Crippen LogP contribution in [-0.4, -0.2) is 49.9 Å². The minimum Gasteiger partial charge on any atom is -0.457 e. The highest BCUT2D eigenvalue weighted by Crippen LogP contribution is 2.43. The van der Waals surface area contributed by atoms with Crippen LogP contribution in [0.1, 0.15) is 277 Å². The van der Waals surface area contributed by atoms with Gasteiger partial charge in [-0.05, 0) is 51.4 Å². The van der Waals surface area contributed by atoms with Crippen molar-refractivity contribution in [1.82, 2.24) is 0 Å². The van der Waals surface area contributed by atoms with Crippen LogP contribution in [0.3, 0.4) is 0 Å². The quantitative estimate of drug-likeness (QED) is 0.0268. The first-order chi connectivity index (χ1) is 31.9. The van der Waals surface area contributed by atoms with Crippen molar-refractivity contribution in [1.29, 1.82) is 0 Å². The van der Waals surface area contributed by atoms with Crippen LogP contribution < -0.4 is 5.73 Å². The number of ether oxygens (including phenoxy) is 2. The predicted octanol–water partition coefficient (Wildman–Crippen LogP) is 17.7. The third kappa shape index (κ3) is 53.5. The van der Waals surface area contributed by atoms with Gasteiger partial charge in [0.25, 0.3) is 0 Å². The Labute approximate surface area is 403 Å². The second-order valence-corrected chi connectivity index (χ2v) is 20.3. The molecular weight excluding hydrogens is 830 g/mol. The van der Waals surface area contributed by atoms with E-state index in [1.54, 1.807) is 0 Å². The van der Waals surface area contributed by atoms with Gasteiger partial charge in [-0.15, -0.1) is 0 Å². The van der Waals surface area contributed by atoms with E-state index >= 15 is 0 Å². The highest BCUT2D eigenvalue weighted by Gasteiger charge is 2.25. The van der Waals surface area contributed by atoms with Crippen LogP contribution in [0.2, 0.25) is 0 Å². The maximum absolute atomic E-state index is 12.7. The van der Waals surface area contributed by atoms with Crippen LogP contribution in [0.15, 0.2) is 36.5 Å². The number of esters is 1. The van der Waals surface area contributed by atoms with E-state index in [4.69, 9.17) is 24.3 Å². The summed E-state index contributed by atoms with van der Waals surface area (Å²) in [5, 5.41) is 0. The van der Waals surface area contributed by atoms with E-state index in [0.717, 1.165) is 44.9 Å². The molecule has 0 aromatic rings. The maximum Gasteiger partial charge on any atom is 0.472 e. The SMILES string of the molecule is CCCCCCC/C=C\C/C=C\C/C=C\CCCCCCCCCCCCCOCC(COP(=O)(O)OCCN)OC(=O)CCCCCCCCCCCCCCCCCCCCCC. The fourth-order valence-corrected chi connectivity index (χ4v) is 8.95. The number of phosphoric acid groups is 1. The highest BCUT2D eigenvalue weighted by molar-refractivity contribution is 7.47. The molecule has 9 heteroatoms. The molecule has 0 heterocycles. The summed E-state index contributed by atoms with van der Waals surface area (Å²) in [7, 11) is -4.28. The molecule has 8 nitrogen and oxygen atoms in total. The molecule has 0 spiro atoms. The average molecular weight is 938 g/mol. The van der Waals surface area contributed by atoms with Gasteiger partial charge in [-0.2, -0.15) is 0 Å². The Morgan fingerprint density at radius 1 is 0.462 bits per heavy atom. The fourth-order valence-electron chi connectivity index (χ4n) is 8.18. The topological polar surface area (TPSA) is 117 Å². The Balaban J connectivity index is 3.88. The number of carbonyl (C=O) groups excluding carboxylic acids is 1. The number of allylic oxidation sites excluding steroid dienone is 6. The average Bonchev–Trinajstić information content (AvgIpc) is 3.30. The number of hydrogen-bond acceptors (Lipinski definition) is 7. The van der Waals surface area contributed by atoms with Crippen molar-refractivity contribution in [2.24, 2.45) is 5.73 Å². The molecule has 0 aliphatic carbocycles. The number of nitrogens with two attached hydrogens (primary N) is 1. The molecule has 0 aromatic heterocycles. The summed E-state index contributed by atoms with van der Waals surface area (Å²) >= 11 is 0. The number of rotatable bonds is 54. The minimum atomic E-state index is -4.28.